The van der Waals surface area contributed by atoms with Crippen LogP contribution in [0.2, 0.25) is 0 Å². The van der Waals surface area contributed by atoms with Crippen molar-refractivity contribution < 1.29 is 19.8 Å². The van der Waals surface area contributed by atoms with Gasteiger partial charge in [-0.3, -0.25) is 4.79 Å². The van der Waals surface area contributed by atoms with Crippen LogP contribution in [0.5, 0.6) is 0 Å². The lowest BCUT2D eigenvalue weighted by atomic mass is 10.0. The highest BCUT2D eigenvalue weighted by atomic mass is 16.4. The molecular weight excluding hydrogens is 228 g/mol. The van der Waals surface area contributed by atoms with Gasteiger partial charge in [-0.15, -0.1) is 5.10 Å². The van der Waals surface area contributed by atoms with Crippen LogP contribution in [0.1, 0.15) is 29.4 Å². The van der Waals surface area contributed by atoms with Crippen LogP contribution in [0.3, 0.4) is 0 Å². The van der Waals surface area contributed by atoms with Crippen LogP contribution in [0.25, 0.3) is 0 Å². The Kier molecular flexibility index (Phi) is 3.05. The first-order valence-electron chi connectivity index (χ1n) is 5.19. The van der Waals surface area contributed by atoms with E-state index in [1.807, 2.05) is 0 Å². The second-order valence-corrected chi connectivity index (χ2v) is 3.92. The van der Waals surface area contributed by atoms with Gasteiger partial charge in [-0.2, -0.15) is 0 Å². The van der Waals surface area contributed by atoms with E-state index >= 15 is 0 Å². The number of carbonyl (C=O) groups is 2. The number of piperidine rings is 1. The molecule has 0 bridgehead atoms. The van der Waals surface area contributed by atoms with Gasteiger partial charge in [0.1, 0.15) is 6.04 Å². The summed E-state index contributed by atoms with van der Waals surface area (Å²) in [6, 6.07) is -0.583. The second kappa shape index (κ2) is 4.50. The Hall–Kier alpha value is -1.96. The molecule has 1 aliphatic rings. The van der Waals surface area contributed by atoms with Gasteiger partial charge in [-0.05, 0) is 12.8 Å². The fourth-order valence-corrected chi connectivity index (χ4v) is 1.83. The summed E-state index contributed by atoms with van der Waals surface area (Å²) in [5.74, 6) is -1.99. The molecule has 2 heterocycles. The molecule has 0 aliphatic carbocycles. The lowest BCUT2D eigenvalue weighted by Gasteiger charge is -2.27. The fourth-order valence-electron chi connectivity index (χ4n) is 1.83. The number of nitrogens with zero attached hydrogens (tertiary/aromatic N) is 3. The fraction of sp³-hybridized carbons (Fsp3) is 0.556. The molecule has 1 aliphatic heterocycles. The van der Waals surface area contributed by atoms with Crippen molar-refractivity contribution in [2.45, 2.75) is 24.9 Å². The van der Waals surface area contributed by atoms with Crippen molar-refractivity contribution in [1.82, 2.24) is 20.3 Å². The molecule has 8 heteroatoms. The lowest BCUT2D eigenvalue weighted by molar-refractivity contribution is -0.140. The van der Waals surface area contributed by atoms with Crippen LogP contribution in [-0.2, 0) is 4.79 Å². The van der Waals surface area contributed by atoms with E-state index in [0.29, 0.717) is 19.4 Å². The van der Waals surface area contributed by atoms with Crippen molar-refractivity contribution in [2.75, 3.05) is 6.54 Å². The summed E-state index contributed by atoms with van der Waals surface area (Å²) in [5.41, 5.74) is -0.106. The van der Waals surface area contributed by atoms with E-state index in [1.54, 1.807) is 0 Å². The maximum atomic E-state index is 10.7. The predicted molar refractivity (Wildman–Crippen MR) is 54.7 cm³/mol. The Morgan fingerprint density at radius 2 is 2.18 bits per heavy atom. The highest BCUT2D eigenvalue weighted by Gasteiger charge is 2.27. The van der Waals surface area contributed by atoms with Crippen LogP contribution < -0.4 is 5.32 Å². The number of aliphatic carboxylic acids is 1. The van der Waals surface area contributed by atoms with Crippen molar-refractivity contribution in [3.05, 3.63) is 11.9 Å². The molecule has 2 rings (SSSR count). The number of hydrogen-bond donors (Lipinski definition) is 3. The van der Waals surface area contributed by atoms with Crippen molar-refractivity contribution in [1.29, 1.82) is 0 Å². The monoisotopic (exact) mass is 240 g/mol. The van der Waals surface area contributed by atoms with Crippen LogP contribution in [-0.4, -0.2) is 49.7 Å². The Morgan fingerprint density at radius 1 is 1.41 bits per heavy atom. The molecule has 1 aromatic heterocycles. The molecule has 1 saturated heterocycles. The Bertz CT molecular complexity index is 436. The van der Waals surface area contributed by atoms with E-state index < -0.39 is 18.0 Å². The van der Waals surface area contributed by atoms with Crippen molar-refractivity contribution in [3.8, 4) is 0 Å². The Balaban J connectivity index is 2.00. The third-order valence-corrected chi connectivity index (χ3v) is 2.79. The predicted octanol–water partition coefficient (Wildman–Crippen LogP) is -0.646. The van der Waals surface area contributed by atoms with Gasteiger partial charge in [0.15, 0.2) is 5.69 Å². The third-order valence-electron chi connectivity index (χ3n) is 2.79. The maximum absolute atomic E-state index is 10.7. The van der Waals surface area contributed by atoms with Crippen LogP contribution in [0.15, 0.2) is 6.20 Å². The molecule has 1 aromatic rings. The minimum atomic E-state index is -1.12. The molecule has 0 radical (unpaired) electrons. The quantitative estimate of drug-likeness (QED) is 0.642. The van der Waals surface area contributed by atoms with Crippen molar-refractivity contribution in [3.63, 3.8) is 0 Å². The SMILES string of the molecule is O=C(O)c1cn([C@H]2CC[C@H](C(=O)O)NC2)nn1. The highest BCUT2D eigenvalue weighted by Crippen LogP contribution is 2.18. The normalized spacial score (nSPS) is 24.5. The Labute approximate surface area is 96.2 Å². The van der Waals surface area contributed by atoms with Crippen LogP contribution in [0.4, 0.5) is 0 Å². The molecule has 3 N–H and O–H groups in total. The summed E-state index contributed by atoms with van der Waals surface area (Å²) in [6.45, 7) is 0.444. The van der Waals surface area contributed by atoms with Crippen molar-refractivity contribution >= 4 is 11.9 Å². The summed E-state index contributed by atoms with van der Waals surface area (Å²) < 4.78 is 1.47. The summed E-state index contributed by atoms with van der Waals surface area (Å²) in [6.07, 6.45) is 2.48. The first kappa shape index (κ1) is 11.5. The highest BCUT2D eigenvalue weighted by molar-refractivity contribution is 5.84. The van der Waals surface area contributed by atoms with Crippen LogP contribution in [0, 0.1) is 0 Å². The van der Waals surface area contributed by atoms with E-state index in [0.717, 1.165) is 0 Å². The zero-order valence-corrected chi connectivity index (χ0v) is 8.91. The number of nitrogens with one attached hydrogen (secondary N) is 1. The molecule has 0 unspecified atom stereocenters. The van der Waals surface area contributed by atoms with Gasteiger partial charge < -0.3 is 15.5 Å². The molecule has 2 atom stereocenters. The summed E-state index contributed by atoms with van der Waals surface area (Å²) in [7, 11) is 0. The minimum absolute atomic E-state index is 0.0498. The molecular formula is C9H12N4O4. The lowest BCUT2D eigenvalue weighted by Crippen LogP contribution is -2.44. The molecule has 17 heavy (non-hydrogen) atoms. The largest absolute Gasteiger partial charge is 0.480 e. The second-order valence-electron chi connectivity index (χ2n) is 3.92. The number of carboxylic acid groups (broad SMARTS) is 2. The molecule has 0 amide bonds. The average molecular weight is 240 g/mol. The molecule has 0 spiro atoms. The molecule has 0 aromatic carbocycles. The van der Waals surface area contributed by atoms with Gasteiger partial charge in [0.25, 0.3) is 0 Å². The smallest absolute Gasteiger partial charge is 0.358 e. The summed E-state index contributed by atoms with van der Waals surface area (Å²) >= 11 is 0. The molecule has 1 fully saturated rings. The summed E-state index contributed by atoms with van der Waals surface area (Å²) in [4.78, 5) is 21.3. The minimum Gasteiger partial charge on any atom is -0.480 e. The number of aromatic carboxylic acids is 1. The molecule has 8 nitrogen and oxygen atoms in total. The zero-order valence-electron chi connectivity index (χ0n) is 8.91. The number of hydrogen-bond acceptors (Lipinski definition) is 5. The van der Waals surface area contributed by atoms with Gasteiger partial charge >= 0.3 is 11.9 Å². The van der Waals surface area contributed by atoms with E-state index in [2.05, 4.69) is 15.6 Å². The molecule has 92 valence electrons. The van der Waals surface area contributed by atoms with Gasteiger partial charge in [-0.1, -0.05) is 5.21 Å². The van der Waals surface area contributed by atoms with Gasteiger partial charge in [0.2, 0.25) is 0 Å². The first-order chi connectivity index (χ1) is 8.08. The van der Waals surface area contributed by atoms with Gasteiger partial charge in [0.05, 0.1) is 12.2 Å². The first-order valence-corrected chi connectivity index (χ1v) is 5.19. The zero-order chi connectivity index (χ0) is 12.4. The van der Waals surface area contributed by atoms with E-state index in [-0.39, 0.29) is 11.7 Å². The van der Waals surface area contributed by atoms with Gasteiger partial charge in [0, 0.05) is 6.54 Å². The van der Waals surface area contributed by atoms with E-state index in [9.17, 15) is 9.59 Å². The number of rotatable bonds is 3. The Morgan fingerprint density at radius 3 is 2.65 bits per heavy atom. The third kappa shape index (κ3) is 2.41. The average Bonchev–Trinajstić information content (AvgIpc) is 2.78. The summed E-state index contributed by atoms with van der Waals surface area (Å²) in [5, 5.41) is 27.6. The van der Waals surface area contributed by atoms with Crippen molar-refractivity contribution in [2.24, 2.45) is 0 Å². The van der Waals surface area contributed by atoms with E-state index in [1.165, 1.54) is 10.9 Å². The number of carboxylic acids is 2. The van der Waals surface area contributed by atoms with Crippen LogP contribution >= 0.6 is 0 Å². The van der Waals surface area contributed by atoms with Gasteiger partial charge in [-0.25, -0.2) is 9.48 Å². The van der Waals surface area contributed by atoms with E-state index in [4.69, 9.17) is 10.2 Å². The number of aromatic nitrogens is 3. The molecule has 0 saturated carbocycles. The standard InChI is InChI=1S/C9H12N4O4/c14-8(15)6-2-1-5(3-10-6)13-4-7(9(16)17)11-12-13/h4-6,10H,1-3H2,(H,14,15)(H,16,17)/t5-,6+/m0/s1. The maximum Gasteiger partial charge on any atom is 0.358 e. The topological polar surface area (TPSA) is 117 Å².